The van der Waals surface area contributed by atoms with Gasteiger partial charge in [0.25, 0.3) is 0 Å². The van der Waals surface area contributed by atoms with E-state index in [0.29, 0.717) is 11.5 Å². The first-order valence-corrected chi connectivity index (χ1v) is 5.86. The largest absolute Gasteiger partial charge is 0.306 e. The minimum absolute atomic E-state index is 0.352. The molecule has 1 aromatic carbocycles. The zero-order chi connectivity index (χ0) is 10.9. The fraction of sp³-hybridized carbons (Fsp3) is 0.571. The molecule has 1 aromatic rings. The van der Waals surface area contributed by atoms with Crippen LogP contribution in [0.3, 0.4) is 0 Å². The molecule has 15 heavy (non-hydrogen) atoms. The van der Waals surface area contributed by atoms with Gasteiger partial charge in [-0.05, 0) is 32.5 Å². The van der Waals surface area contributed by atoms with Gasteiger partial charge in [-0.2, -0.15) is 0 Å². The topological polar surface area (TPSA) is 3.24 Å². The van der Waals surface area contributed by atoms with Crippen molar-refractivity contribution >= 4 is 0 Å². The summed E-state index contributed by atoms with van der Waals surface area (Å²) in [6.45, 7) is 2.42. The van der Waals surface area contributed by atoms with E-state index in [-0.39, 0.29) is 0 Å². The normalized spacial score (nSPS) is 31.1. The first-order valence-electron chi connectivity index (χ1n) is 5.86. The Kier molecular flexibility index (Phi) is 2.83. The van der Waals surface area contributed by atoms with Crippen molar-refractivity contribution in [3.8, 4) is 0 Å². The predicted octanol–water partition coefficient (Wildman–Crippen LogP) is 3.06. The summed E-state index contributed by atoms with van der Waals surface area (Å²) in [5, 5.41) is 0. The molecule has 1 aliphatic rings. The smallest absolute Gasteiger partial charge is 0.0183 e. The van der Waals surface area contributed by atoms with Gasteiger partial charge in [0, 0.05) is 11.5 Å². The second-order valence-corrected chi connectivity index (χ2v) is 5.16. The fourth-order valence-electron chi connectivity index (χ4n) is 3.13. The molecule has 0 radical (unpaired) electrons. The number of nitrogens with zero attached hydrogens (tertiary/aromatic N) is 1. The van der Waals surface area contributed by atoms with Crippen molar-refractivity contribution in [3.05, 3.63) is 35.9 Å². The van der Waals surface area contributed by atoms with E-state index < -0.39 is 0 Å². The molecule has 0 spiro atoms. The van der Waals surface area contributed by atoms with Gasteiger partial charge >= 0.3 is 0 Å². The van der Waals surface area contributed by atoms with Crippen molar-refractivity contribution in [2.45, 2.75) is 37.6 Å². The number of benzene rings is 1. The Labute approximate surface area is 93.1 Å². The maximum Gasteiger partial charge on any atom is 0.0183 e. The predicted molar refractivity (Wildman–Crippen MR) is 65.1 cm³/mol. The molecule has 82 valence electrons. The molecule has 0 amide bonds. The van der Waals surface area contributed by atoms with Crippen LogP contribution in [0.25, 0.3) is 0 Å². The highest BCUT2D eigenvalue weighted by Gasteiger charge is 2.40. The summed E-state index contributed by atoms with van der Waals surface area (Å²) in [5.74, 6) is 0. The summed E-state index contributed by atoms with van der Waals surface area (Å²) in [6.07, 6.45) is 4.01. The monoisotopic (exact) mass is 203 g/mol. The van der Waals surface area contributed by atoms with Gasteiger partial charge in [-0.15, -0.1) is 0 Å². The van der Waals surface area contributed by atoms with Gasteiger partial charge in [0.05, 0.1) is 0 Å². The second-order valence-electron chi connectivity index (χ2n) is 5.16. The van der Waals surface area contributed by atoms with Crippen LogP contribution in [-0.4, -0.2) is 25.0 Å². The standard InChI is InChI=1S/C14H21N/c1-14(12-8-5-4-6-9-12)11-7-10-13(14)15(2)3/h4-6,8-9,13H,7,10-11H2,1-3H3/t13-,14+/m1/s1. The molecule has 2 rings (SSSR count). The van der Waals surface area contributed by atoms with Gasteiger partial charge in [-0.3, -0.25) is 0 Å². The summed E-state index contributed by atoms with van der Waals surface area (Å²) in [6, 6.07) is 11.7. The number of hydrogen-bond donors (Lipinski definition) is 0. The lowest BCUT2D eigenvalue weighted by Gasteiger charge is -2.36. The number of likely N-dealkylation sites (N-methyl/N-ethyl adjacent to an activating group) is 1. The van der Waals surface area contributed by atoms with Crippen molar-refractivity contribution in [1.29, 1.82) is 0 Å². The minimum Gasteiger partial charge on any atom is -0.306 e. The summed E-state index contributed by atoms with van der Waals surface area (Å²) in [4.78, 5) is 2.39. The zero-order valence-electron chi connectivity index (χ0n) is 10.0. The lowest BCUT2D eigenvalue weighted by molar-refractivity contribution is 0.216. The summed E-state index contributed by atoms with van der Waals surface area (Å²) < 4.78 is 0. The van der Waals surface area contributed by atoms with Crippen molar-refractivity contribution in [2.24, 2.45) is 0 Å². The Balaban J connectivity index is 2.33. The van der Waals surface area contributed by atoms with Crippen molar-refractivity contribution in [2.75, 3.05) is 14.1 Å². The van der Waals surface area contributed by atoms with Gasteiger partial charge < -0.3 is 4.90 Å². The van der Waals surface area contributed by atoms with E-state index in [9.17, 15) is 0 Å². The van der Waals surface area contributed by atoms with E-state index in [4.69, 9.17) is 0 Å². The lowest BCUT2D eigenvalue weighted by Crippen LogP contribution is -2.41. The van der Waals surface area contributed by atoms with Crippen LogP contribution in [0, 0.1) is 0 Å². The van der Waals surface area contributed by atoms with Crippen LogP contribution in [0.2, 0.25) is 0 Å². The van der Waals surface area contributed by atoms with E-state index in [1.54, 1.807) is 0 Å². The molecule has 0 heterocycles. The van der Waals surface area contributed by atoms with Crippen LogP contribution in [-0.2, 0) is 5.41 Å². The average molecular weight is 203 g/mol. The maximum absolute atomic E-state index is 2.42. The van der Waals surface area contributed by atoms with Crippen LogP contribution >= 0.6 is 0 Å². The third kappa shape index (κ3) is 1.81. The maximum atomic E-state index is 2.42. The van der Waals surface area contributed by atoms with Gasteiger partial charge in [0.2, 0.25) is 0 Å². The van der Waals surface area contributed by atoms with E-state index in [2.05, 4.69) is 56.3 Å². The van der Waals surface area contributed by atoms with Gasteiger partial charge in [-0.1, -0.05) is 43.7 Å². The van der Waals surface area contributed by atoms with Crippen LogP contribution in [0.4, 0.5) is 0 Å². The summed E-state index contributed by atoms with van der Waals surface area (Å²) in [5.41, 5.74) is 1.85. The van der Waals surface area contributed by atoms with Crippen molar-refractivity contribution in [1.82, 2.24) is 4.90 Å². The molecule has 0 aromatic heterocycles. The first-order chi connectivity index (χ1) is 7.14. The van der Waals surface area contributed by atoms with E-state index >= 15 is 0 Å². The van der Waals surface area contributed by atoms with E-state index in [0.717, 1.165) is 0 Å². The quantitative estimate of drug-likeness (QED) is 0.714. The molecule has 2 atom stereocenters. The Bertz CT molecular complexity index is 317. The fourth-order valence-corrected chi connectivity index (χ4v) is 3.13. The van der Waals surface area contributed by atoms with E-state index in [1.807, 2.05) is 0 Å². The SMILES string of the molecule is CN(C)[C@@H]1CCC[C@@]1(C)c1ccccc1. The van der Waals surface area contributed by atoms with Crippen LogP contribution in [0.1, 0.15) is 31.7 Å². The van der Waals surface area contributed by atoms with Gasteiger partial charge in [-0.25, -0.2) is 0 Å². The third-order valence-electron chi connectivity index (χ3n) is 3.97. The summed E-state index contributed by atoms with van der Waals surface area (Å²) in [7, 11) is 4.41. The first kappa shape index (κ1) is 10.7. The van der Waals surface area contributed by atoms with Crippen LogP contribution < -0.4 is 0 Å². The molecule has 1 heteroatoms. The van der Waals surface area contributed by atoms with Gasteiger partial charge in [0.1, 0.15) is 0 Å². The molecule has 1 nitrogen and oxygen atoms in total. The van der Waals surface area contributed by atoms with Crippen LogP contribution in [0.15, 0.2) is 30.3 Å². The highest BCUT2D eigenvalue weighted by molar-refractivity contribution is 5.28. The zero-order valence-corrected chi connectivity index (χ0v) is 10.0. The van der Waals surface area contributed by atoms with E-state index in [1.165, 1.54) is 24.8 Å². The molecular weight excluding hydrogens is 182 g/mol. The number of rotatable bonds is 2. The molecule has 0 aliphatic heterocycles. The van der Waals surface area contributed by atoms with Crippen LogP contribution in [0.5, 0.6) is 0 Å². The number of hydrogen-bond acceptors (Lipinski definition) is 1. The third-order valence-corrected chi connectivity index (χ3v) is 3.97. The molecular formula is C14H21N. The molecule has 1 saturated carbocycles. The Hall–Kier alpha value is -0.820. The minimum atomic E-state index is 0.352. The Morgan fingerprint density at radius 3 is 2.47 bits per heavy atom. The van der Waals surface area contributed by atoms with Crippen molar-refractivity contribution < 1.29 is 0 Å². The van der Waals surface area contributed by atoms with Gasteiger partial charge in [0.15, 0.2) is 0 Å². The van der Waals surface area contributed by atoms with Crippen molar-refractivity contribution in [3.63, 3.8) is 0 Å². The molecule has 0 unspecified atom stereocenters. The Morgan fingerprint density at radius 2 is 1.87 bits per heavy atom. The summed E-state index contributed by atoms with van der Waals surface area (Å²) >= 11 is 0. The lowest BCUT2D eigenvalue weighted by atomic mass is 9.77. The molecule has 1 fully saturated rings. The second kappa shape index (κ2) is 3.97. The molecule has 0 N–H and O–H groups in total. The molecule has 1 aliphatic carbocycles. The highest BCUT2D eigenvalue weighted by atomic mass is 15.1. The molecule has 0 bridgehead atoms. The average Bonchev–Trinajstić information content (AvgIpc) is 2.63. The highest BCUT2D eigenvalue weighted by Crippen LogP contribution is 2.42. The molecule has 0 saturated heterocycles. The Morgan fingerprint density at radius 1 is 1.20 bits per heavy atom.